The summed E-state index contributed by atoms with van der Waals surface area (Å²) >= 11 is 0. The molecule has 0 saturated carbocycles. The molecule has 6 heteroatoms. The number of carbonyl (C=O) groups is 2. The summed E-state index contributed by atoms with van der Waals surface area (Å²) in [6.07, 6.45) is 6.98. The highest BCUT2D eigenvalue weighted by Crippen LogP contribution is 2.28. The predicted octanol–water partition coefficient (Wildman–Crippen LogP) is 7.48. The van der Waals surface area contributed by atoms with Gasteiger partial charge in [-0.25, -0.2) is 4.98 Å². The highest BCUT2D eigenvalue weighted by Gasteiger charge is 2.08. The molecule has 3 aromatic rings. The lowest BCUT2D eigenvalue weighted by atomic mass is 10.0. The Labute approximate surface area is 214 Å². The molecule has 3 rings (SSSR count). The van der Waals surface area contributed by atoms with E-state index in [9.17, 15) is 9.59 Å². The van der Waals surface area contributed by atoms with Crippen LogP contribution in [-0.2, 0) is 9.59 Å². The van der Waals surface area contributed by atoms with Crippen LogP contribution in [-0.4, -0.2) is 33.7 Å². The molecule has 0 aliphatic rings. The molecule has 6 nitrogen and oxygen atoms in total. The van der Waals surface area contributed by atoms with E-state index < -0.39 is 11.9 Å². The van der Waals surface area contributed by atoms with E-state index in [2.05, 4.69) is 30.1 Å². The first-order chi connectivity index (χ1) is 17.5. The largest absolute Gasteiger partial charge is 0.481 e. The SMILES string of the molecule is CCCCCC(=O)O.O=C(O)CCCCCCOc1cc(-c2ccccc2)cc(-c2ccccc2)n1. The topological polar surface area (TPSA) is 96.7 Å². The van der Waals surface area contributed by atoms with Gasteiger partial charge in [-0.3, -0.25) is 9.59 Å². The Morgan fingerprint density at radius 1 is 0.694 bits per heavy atom. The van der Waals surface area contributed by atoms with Gasteiger partial charge in [-0.15, -0.1) is 0 Å². The second-order valence-electron chi connectivity index (χ2n) is 8.57. The van der Waals surface area contributed by atoms with Gasteiger partial charge in [0.15, 0.2) is 0 Å². The third-order valence-corrected chi connectivity index (χ3v) is 5.51. The van der Waals surface area contributed by atoms with Crippen molar-refractivity contribution in [3.63, 3.8) is 0 Å². The van der Waals surface area contributed by atoms with E-state index in [4.69, 9.17) is 14.9 Å². The van der Waals surface area contributed by atoms with Crippen molar-refractivity contribution in [3.05, 3.63) is 72.8 Å². The number of benzene rings is 2. The molecule has 36 heavy (non-hydrogen) atoms. The van der Waals surface area contributed by atoms with Crippen LogP contribution in [0.25, 0.3) is 22.4 Å². The second-order valence-corrected chi connectivity index (χ2v) is 8.57. The highest BCUT2D eigenvalue weighted by atomic mass is 16.5. The first-order valence-corrected chi connectivity index (χ1v) is 12.7. The van der Waals surface area contributed by atoms with Crippen LogP contribution in [0, 0.1) is 0 Å². The van der Waals surface area contributed by atoms with E-state index in [1.54, 1.807) is 0 Å². The number of hydrogen-bond acceptors (Lipinski definition) is 4. The van der Waals surface area contributed by atoms with Gasteiger partial charge in [0.1, 0.15) is 0 Å². The fourth-order valence-corrected chi connectivity index (χ4v) is 3.57. The number of nitrogens with zero attached hydrogens (tertiary/aromatic N) is 1. The van der Waals surface area contributed by atoms with Crippen molar-refractivity contribution in [1.29, 1.82) is 0 Å². The van der Waals surface area contributed by atoms with Gasteiger partial charge in [0.05, 0.1) is 12.3 Å². The van der Waals surface area contributed by atoms with E-state index in [0.717, 1.165) is 67.3 Å². The van der Waals surface area contributed by atoms with Crippen LogP contribution in [0.1, 0.15) is 64.7 Å². The zero-order valence-corrected chi connectivity index (χ0v) is 21.1. The molecule has 1 heterocycles. The summed E-state index contributed by atoms with van der Waals surface area (Å²) in [7, 11) is 0. The van der Waals surface area contributed by atoms with Crippen LogP contribution in [0.2, 0.25) is 0 Å². The summed E-state index contributed by atoms with van der Waals surface area (Å²) in [6.45, 7) is 2.63. The Balaban J connectivity index is 0.000000493. The van der Waals surface area contributed by atoms with Crippen molar-refractivity contribution in [3.8, 4) is 28.3 Å². The fourth-order valence-electron chi connectivity index (χ4n) is 3.57. The van der Waals surface area contributed by atoms with E-state index in [1.807, 2.05) is 54.6 Å². The second kappa shape index (κ2) is 16.9. The van der Waals surface area contributed by atoms with Crippen molar-refractivity contribution in [1.82, 2.24) is 4.98 Å². The number of ether oxygens (including phenoxy) is 1. The highest BCUT2D eigenvalue weighted by molar-refractivity contribution is 5.71. The van der Waals surface area contributed by atoms with Crippen LogP contribution < -0.4 is 4.74 Å². The monoisotopic (exact) mass is 491 g/mol. The minimum absolute atomic E-state index is 0.238. The number of rotatable bonds is 14. The maximum absolute atomic E-state index is 10.5. The van der Waals surface area contributed by atoms with Gasteiger partial charge in [0.2, 0.25) is 5.88 Å². The van der Waals surface area contributed by atoms with Crippen molar-refractivity contribution < 1.29 is 24.5 Å². The molecule has 0 atom stereocenters. The molecule has 0 saturated heterocycles. The van der Waals surface area contributed by atoms with E-state index in [0.29, 0.717) is 18.9 Å². The summed E-state index contributed by atoms with van der Waals surface area (Å²) in [5, 5.41) is 16.8. The predicted molar refractivity (Wildman–Crippen MR) is 143 cm³/mol. The number of pyridine rings is 1. The molecular weight excluding hydrogens is 454 g/mol. The van der Waals surface area contributed by atoms with Gasteiger partial charge >= 0.3 is 11.9 Å². The number of hydrogen-bond donors (Lipinski definition) is 2. The maximum Gasteiger partial charge on any atom is 0.303 e. The molecule has 2 N–H and O–H groups in total. The summed E-state index contributed by atoms with van der Waals surface area (Å²) in [5.74, 6) is -0.796. The van der Waals surface area contributed by atoms with Gasteiger partial charge < -0.3 is 14.9 Å². The molecular formula is C30H37NO5. The smallest absolute Gasteiger partial charge is 0.303 e. The van der Waals surface area contributed by atoms with Crippen LogP contribution in [0.4, 0.5) is 0 Å². The third kappa shape index (κ3) is 11.6. The van der Waals surface area contributed by atoms with E-state index in [1.165, 1.54) is 0 Å². The van der Waals surface area contributed by atoms with Crippen molar-refractivity contribution in [2.45, 2.75) is 64.7 Å². The first kappa shape index (κ1) is 28.6. The molecule has 0 radical (unpaired) electrons. The van der Waals surface area contributed by atoms with E-state index in [-0.39, 0.29) is 6.42 Å². The van der Waals surface area contributed by atoms with Gasteiger partial charge in [-0.05, 0) is 36.5 Å². The van der Waals surface area contributed by atoms with Gasteiger partial charge in [0, 0.05) is 24.5 Å². The molecule has 0 bridgehead atoms. The lowest BCUT2D eigenvalue weighted by Crippen LogP contribution is -2.01. The Bertz CT molecular complexity index is 980. The standard InChI is InChI=1S/C24H25NO3.C6H12O2/c26-24(27)15-9-1-2-10-16-28-23-18-21(19-11-5-3-6-12-19)17-22(25-23)20-13-7-4-8-14-20;1-2-3-4-5-6(7)8/h3-8,11-14,17-18H,1-2,9-10,15-16H2,(H,26,27);2-5H2,1H3,(H,7,8). The summed E-state index contributed by atoms with van der Waals surface area (Å²) < 4.78 is 5.93. The number of carboxylic acid groups (broad SMARTS) is 2. The van der Waals surface area contributed by atoms with E-state index >= 15 is 0 Å². The number of aliphatic carboxylic acids is 2. The molecule has 0 unspecified atom stereocenters. The molecule has 0 aliphatic heterocycles. The van der Waals surface area contributed by atoms with Crippen molar-refractivity contribution in [2.24, 2.45) is 0 Å². The normalized spacial score (nSPS) is 10.2. The van der Waals surface area contributed by atoms with Gasteiger partial charge in [-0.2, -0.15) is 0 Å². The number of unbranched alkanes of at least 4 members (excludes halogenated alkanes) is 5. The van der Waals surface area contributed by atoms with Crippen LogP contribution in [0.15, 0.2) is 72.8 Å². The van der Waals surface area contributed by atoms with Crippen LogP contribution in [0.3, 0.4) is 0 Å². The minimum atomic E-state index is -0.730. The lowest BCUT2D eigenvalue weighted by Gasteiger charge is -2.11. The first-order valence-electron chi connectivity index (χ1n) is 12.7. The molecule has 0 fully saturated rings. The Kier molecular flexibility index (Phi) is 13.4. The molecule has 192 valence electrons. The summed E-state index contributed by atoms with van der Waals surface area (Å²) in [6, 6.07) is 24.4. The Morgan fingerprint density at radius 3 is 1.83 bits per heavy atom. The average Bonchev–Trinajstić information content (AvgIpc) is 2.89. The molecule has 0 amide bonds. The zero-order chi connectivity index (χ0) is 26.0. The Hall–Kier alpha value is -3.67. The molecule has 0 aliphatic carbocycles. The quantitative estimate of drug-likeness (QED) is 0.227. The molecule has 1 aromatic heterocycles. The summed E-state index contributed by atoms with van der Waals surface area (Å²) in [4.78, 5) is 25.1. The van der Waals surface area contributed by atoms with Crippen molar-refractivity contribution >= 4 is 11.9 Å². The third-order valence-electron chi connectivity index (χ3n) is 5.51. The van der Waals surface area contributed by atoms with Crippen LogP contribution in [0.5, 0.6) is 5.88 Å². The average molecular weight is 492 g/mol. The van der Waals surface area contributed by atoms with Crippen LogP contribution >= 0.6 is 0 Å². The maximum atomic E-state index is 10.5. The lowest BCUT2D eigenvalue weighted by molar-refractivity contribution is -0.138. The summed E-state index contributed by atoms with van der Waals surface area (Å²) in [5.41, 5.74) is 4.14. The van der Waals surface area contributed by atoms with Gasteiger partial charge in [0.25, 0.3) is 0 Å². The number of aromatic nitrogens is 1. The number of carboxylic acids is 2. The molecule has 0 spiro atoms. The zero-order valence-electron chi connectivity index (χ0n) is 21.1. The Morgan fingerprint density at radius 2 is 1.25 bits per heavy atom. The molecule has 2 aromatic carbocycles. The van der Waals surface area contributed by atoms with Gasteiger partial charge in [-0.1, -0.05) is 93.3 Å². The van der Waals surface area contributed by atoms with Crippen molar-refractivity contribution in [2.75, 3.05) is 6.61 Å². The fraction of sp³-hybridized carbons (Fsp3) is 0.367. The minimum Gasteiger partial charge on any atom is -0.481 e.